The summed E-state index contributed by atoms with van der Waals surface area (Å²) in [6.45, 7) is 0. The molecule has 0 atom stereocenters. The van der Waals surface area contributed by atoms with E-state index in [0.717, 1.165) is 14.8 Å². The summed E-state index contributed by atoms with van der Waals surface area (Å²) < 4.78 is 1.05. The van der Waals surface area contributed by atoms with Crippen LogP contribution < -0.4 is 0 Å². The Morgan fingerprint density at radius 3 is 2.54 bits per heavy atom. The minimum atomic E-state index is 0.956. The molecule has 0 unspecified atom stereocenters. The maximum atomic E-state index is 4.20. The Morgan fingerprint density at radius 1 is 1.08 bits per heavy atom. The highest BCUT2D eigenvalue weighted by Gasteiger charge is 2.02. The fourth-order valence-electron chi connectivity index (χ4n) is 1.03. The molecule has 2 heterocycles. The van der Waals surface area contributed by atoms with Gasteiger partial charge in [-0.3, -0.25) is 4.98 Å². The largest absolute Gasteiger partial charge is 0.265 e. The van der Waals surface area contributed by atoms with E-state index in [9.17, 15) is 0 Å². The van der Waals surface area contributed by atoms with Gasteiger partial charge in [0.05, 0.1) is 9.26 Å². The van der Waals surface area contributed by atoms with Gasteiger partial charge in [0.1, 0.15) is 6.33 Å². The molecule has 0 aliphatic heterocycles. The SMILES string of the molecule is Ic1cncnc1-c1ccncc1. The maximum absolute atomic E-state index is 4.20. The minimum Gasteiger partial charge on any atom is -0.265 e. The van der Waals surface area contributed by atoms with Crippen molar-refractivity contribution in [3.63, 3.8) is 0 Å². The second-order valence-electron chi connectivity index (χ2n) is 2.46. The first kappa shape index (κ1) is 8.55. The van der Waals surface area contributed by atoms with Crippen LogP contribution in [0.25, 0.3) is 11.3 Å². The zero-order chi connectivity index (χ0) is 9.10. The lowest BCUT2D eigenvalue weighted by molar-refractivity contribution is 1.15. The van der Waals surface area contributed by atoms with Gasteiger partial charge < -0.3 is 0 Å². The molecular formula is C9H6IN3. The first-order valence-electron chi connectivity index (χ1n) is 3.74. The van der Waals surface area contributed by atoms with Gasteiger partial charge in [-0.05, 0) is 34.7 Å². The topological polar surface area (TPSA) is 38.7 Å². The molecule has 0 aromatic carbocycles. The van der Waals surface area contributed by atoms with Crippen molar-refractivity contribution in [2.45, 2.75) is 0 Å². The molecule has 0 aliphatic carbocycles. The molecule has 2 rings (SSSR count). The summed E-state index contributed by atoms with van der Waals surface area (Å²) >= 11 is 2.22. The monoisotopic (exact) mass is 283 g/mol. The van der Waals surface area contributed by atoms with Crippen LogP contribution in [0.1, 0.15) is 0 Å². The van der Waals surface area contributed by atoms with Crippen molar-refractivity contribution in [2.75, 3.05) is 0 Å². The van der Waals surface area contributed by atoms with E-state index >= 15 is 0 Å². The number of nitrogens with zero attached hydrogens (tertiary/aromatic N) is 3. The predicted molar refractivity (Wildman–Crippen MR) is 58.0 cm³/mol. The first-order chi connectivity index (χ1) is 6.38. The van der Waals surface area contributed by atoms with Gasteiger partial charge in [0.15, 0.2) is 0 Å². The molecule has 4 heteroatoms. The number of pyridine rings is 1. The molecular weight excluding hydrogens is 277 g/mol. The van der Waals surface area contributed by atoms with Crippen LogP contribution in [0, 0.1) is 3.57 Å². The highest BCUT2D eigenvalue weighted by Crippen LogP contribution is 2.20. The fraction of sp³-hybridized carbons (Fsp3) is 0. The summed E-state index contributed by atoms with van der Waals surface area (Å²) in [6.07, 6.45) is 6.86. The second-order valence-corrected chi connectivity index (χ2v) is 3.62. The number of rotatable bonds is 1. The van der Waals surface area contributed by atoms with Crippen molar-refractivity contribution in [1.82, 2.24) is 15.0 Å². The van der Waals surface area contributed by atoms with Gasteiger partial charge in [-0.15, -0.1) is 0 Å². The maximum Gasteiger partial charge on any atom is 0.116 e. The van der Waals surface area contributed by atoms with Crippen LogP contribution in [0.4, 0.5) is 0 Å². The lowest BCUT2D eigenvalue weighted by Crippen LogP contribution is -1.88. The molecule has 0 radical (unpaired) electrons. The van der Waals surface area contributed by atoms with Crippen molar-refractivity contribution in [2.24, 2.45) is 0 Å². The predicted octanol–water partition coefficient (Wildman–Crippen LogP) is 2.14. The Bertz CT molecular complexity index is 403. The van der Waals surface area contributed by atoms with Gasteiger partial charge in [0, 0.05) is 24.2 Å². The van der Waals surface area contributed by atoms with Crippen LogP contribution >= 0.6 is 22.6 Å². The number of hydrogen-bond acceptors (Lipinski definition) is 3. The zero-order valence-corrected chi connectivity index (χ0v) is 8.84. The van der Waals surface area contributed by atoms with E-state index in [1.807, 2.05) is 12.1 Å². The molecule has 0 amide bonds. The first-order valence-corrected chi connectivity index (χ1v) is 4.82. The van der Waals surface area contributed by atoms with Crippen molar-refractivity contribution < 1.29 is 0 Å². The van der Waals surface area contributed by atoms with Crippen LogP contribution in [0.3, 0.4) is 0 Å². The van der Waals surface area contributed by atoms with E-state index in [1.165, 1.54) is 0 Å². The minimum absolute atomic E-state index is 0.956. The molecule has 13 heavy (non-hydrogen) atoms. The Morgan fingerprint density at radius 2 is 1.85 bits per heavy atom. The second kappa shape index (κ2) is 3.78. The van der Waals surface area contributed by atoms with E-state index in [2.05, 4.69) is 37.5 Å². The molecule has 2 aromatic heterocycles. The van der Waals surface area contributed by atoms with E-state index in [-0.39, 0.29) is 0 Å². The van der Waals surface area contributed by atoms with Crippen LogP contribution in [0.5, 0.6) is 0 Å². The van der Waals surface area contributed by atoms with E-state index < -0.39 is 0 Å². The van der Waals surface area contributed by atoms with Gasteiger partial charge in [0.2, 0.25) is 0 Å². The number of halogens is 1. The third-order valence-electron chi connectivity index (χ3n) is 1.62. The van der Waals surface area contributed by atoms with Crippen LogP contribution in [-0.2, 0) is 0 Å². The van der Waals surface area contributed by atoms with Crippen LogP contribution in [0.15, 0.2) is 37.1 Å². The van der Waals surface area contributed by atoms with Crippen molar-refractivity contribution >= 4 is 22.6 Å². The lowest BCUT2D eigenvalue weighted by atomic mass is 10.2. The molecule has 0 saturated heterocycles. The fourth-order valence-corrected chi connectivity index (χ4v) is 1.65. The average Bonchev–Trinajstić information content (AvgIpc) is 2.20. The Hall–Kier alpha value is -1.04. The molecule has 0 N–H and O–H groups in total. The quantitative estimate of drug-likeness (QED) is 0.753. The van der Waals surface area contributed by atoms with Gasteiger partial charge in [-0.1, -0.05) is 0 Å². The Kier molecular flexibility index (Phi) is 2.49. The van der Waals surface area contributed by atoms with Gasteiger partial charge in [0.25, 0.3) is 0 Å². The molecule has 64 valence electrons. The zero-order valence-electron chi connectivity index (χ0n) is 6.68. The van der Waals surface area contributed by atoms with Crippen LogP contribution in [0.2, 0.25) is 0 Å². The summed E-state index contributed by atoms with van der Waals surface area (Å²) in [5.74, 6) is 0. The van der Waals surface area contributed by atoms with E-state index in [4.69, 9.17) is 0 Å². The van der Waals surface area contributed by atoms with Gasteiger partial charge >= 0.3 is 0 Å². The molecule has 0 saturated carbocycles. The average molecular weight is 283 g/mol. The van der Waals surface area contributed by atoms with Gasteiger partial charge in [-0.25, -0.2) is 9.97 Å². The summed E-state index contributed by atoms with van der Waals surface area (Å²) in [7, 11) is 0. The third kappa shape index (κ3) is 1.82. The molecule has 0 spiro atoms. The standard InChI is InChI=1S/C9H6IN3/c10-8-5-12-6-13-9(8)7-1-3-11-4-2-7/h1-6H. The Labute approximate surface area is 89.4 Å². The summed E-state index contributed by atoms with van der Waals surface area (Å²) in [6, 6.07) is 3.87. The van der Waals surface area contributed by atoms with Gasteiger partial charge in [-0.2, -0.15) is 0 Å². The highest BCUT2D eigenvalue weighted by molar-refractivity contribution is 14.1. The molecule has 0 fully saturated rings. The van der Waals surface area contributed by atoms with E-state index in [1.54, 1.807) is 24.9 Å². The Balaban J connectivity index is 2.54. The normalized spacial score (nSPS) is 9.92. The molecule has 0 bridgehead atoms. The van der Waals surface area contributed by atoms with Crippen LogP contribution in [-0.4, -0.2) is 15.0 Å². The number of aromatic nitrogens is 3. The lowest BCUT2D eigenvalue weighted by Gasteiger charge is -2.00. The van der Waals surface area contributed by atoms with E-state index in [0.29, 0.717) is 0 Å². The molecule has 0 aliphatic rings. The molecule has 3 nitrogen and oxygen atoms in total. The summed E-state index contributed by atoms with van der Waals surface area (Å²) in [4.78, 5) is 12.1. The molecule has 2 aromatic rings. The summed E-state index contributed by atoms with van der Waals surface area (Å²) in [5.41, 5.74) is 2.03. The number of hydrogen-bond donors (Lipinski definition) is 0. The van der Waals surface area contributed by atoms with Crippen molar-refractivity contribution in [3.8, 4) is 11.3 Å². The summed E-state index contributed by atoms with van der Waals surface area (Å²) in [5, 5.41) is 0. The third-order valence-corrected chi connectivity index (χ3v) is 2.41. The van der Waals surface area contributed by atoms with Crippen molar-refractivity contribution in [3.05, 3.63) is 40.6 Å². The highest BCUT2D eigenvalue weighted by atomic mass is 127. The smallest absolute Gasteiger partial charge is 0.116 e. The van der Waals surface area contributed by atoms with Crippen molar-refractivity contribution in [1.29, 1.82) is 0 Å².